The number of rotatable bonds is 10. The summed E-state index contributed by atoms with van der Waals surface area (Å²) in [5.74, 6) is -3.01. The Hall–Kier alpha value is -4.41. The van der Waals surface area contributed by atoms with E-state index in [9.17, 15) is 29.1 Å². The molecule has 1 heterocycles. The zero-order chi connectivity index (χ0) is 29.7. The third-order valence-electron chi connectivity index (χ3n) is 6.92. The van der Waals surface area contributed by atoms with E-state index in [1.807, 2.05) is 48.5 Å². The number of amides is 4. The van der Waals surface area contributed by atoms with Gasteiger partial charge < -0.3 is 19.9 Å². The van der Waals surface area contributed by atoms with Crippen molar-refractivity contribution in [1.29, 1.82) is 0 Å². The number of hydrogen-bond donors (Lipinski definition) is 2. The Morgan fingerprint density at radius 3 is 2.07 bits per heavy atom. The van der Waals surface area contributed by atoms with Gasteiger partial charge in [-0.15, -0.1) is 0 Å². The average molecular weight is 566 g/mol. The molecule has 2 N–H and O–H groups in total. The summed E-state index contributed by atoms with van der Waals surface area (Å²) >= 11 is 0. The number of carboxylic acids is 1. The SMILES string of the molecule is CC(C)(C)OC(=O)NCCCC[C@@H](C(=O)O)N(C(=O)OCC1c2ccccc2-c2ccccc21)N1C(=O)CCC1=O. The van der Waals surface area contributed by atoms with E-state index in [2.05, 4.69) is 5.32 Å². The number of alkyl carbamates (subject to hydrolysis) is 1. The van der Waals surface area contributed by atoms with Gasteiger partial charge >= 0.3 is 18.2 Å². The highest BCUT2D eigenvalue weighted by Gasteiger charge is 2.44. The molecule has 0 unspecified atom stereocenters. The van der Waals surface area contributed by atoms with Crippen LogP contribution >= 0.6 is 0 Å². The van der Waals surface area contributed by atoms with Crippen LogP contribution < -0.4 is 5.32 Å². The smallest absolute Gasteiger partial charge is 0.430 e. The summed E-state index contributed by atoms with van der Waals surface area (Å²) in [7, 11) is 0. The number of carboxylic acid groups (broad SMARTS) is 1. The fourth-order valence-electron chi connectivity index (χ4n) is 5.13. The van der Waals surface area contributed by atoms with Gasteiger partial charge in [-0.05, 0) is 62.3 Å². The second-order valence-corrected chi connectivity index (χ2v) is 11.0. The molecule has 4 rings (SSSR count). The van der Waals surface area contributed by atoms with Crippen LogP contribution in [0.3, 0.4) is 0 Å². The number of fused-ring (bicyclic) bond motifs is 3. The lowest BCUT2D eigenvalue weighted by Gasteiger charge is -2.34. The van der Waals surface area contributed by atoms with Crippen molar-refractivity contribution in [2.75, 3.05) is 13.2 Å². The molecular weight excluding hydrogens is 530 g/mol. The second kappa shape index (κ2) is 12.4. The number of benzene rings is 2. The van der Waals surface area contributed by atoms with Crippen LogP contribution in [-0.4, -0.2) is 69.9 Å². The Kier molecular flexibility index (Phi) is 8.95. The van der Waals surface area contributed by atoms with Gasteiger partial charge in [-0.25, -0.2) is 14.4 Å². The molecule has 4 amide bonds. The molecule has 0 spiro atoms. The summed E-state index contributed by atoms with van der Waals surface area (Å²) in [5.41, 5.74) is 3.32. The Labute approximate surface area is 238 Å². The Morgan fingerprint density at radius 2 is 1.54 bits per heavy atom. The van der Waals surface area contributed by atoms with Crippen molar-refractivity contribution in [2.24, 2.45) is 0 Å². The van der Waals surface area contributed by atoms with E-state index in [-0.39, 0.29) is 44.8 Å². The van der Waals surface area contributed by atoms with Crippen LogP contribution in [0.2, 0.25) is 0 Å². The molecule has 1 saturated heterocycles. The van der Waals surface area contributed by atoms with Gasteiger partial charge in [0.1, 0.15) is 12.2 Å². The monoisotopic (exact) mass is 565 g/mol. The third-order valence-corrected chi connectivity index (χ3v) is 6.92. The summed E-state index contributed by atoms with van der Waals surface area (Å²) < 4.78 is 10.8. The van der Waals surface area contributed by atoms with Gasteiger partial charge in [0.05, 0.1) is 0 Å². The topological polar surface area (TPSA) is 143 Å². The van der Waals surface area contributed by atoms with Crippen molar-refractivity contribution in [2.45, 2.75) is 70.4 Å². The highest BCUT2D eigenvalue weighted by atomic mass is 16.6. The zero-order valence-electron chi connectivity index (χ0n) is 23.4. The maximum Gasteiger partial charge on any atom is 0.430 e. The first-order chi connectivity index (χ1) is 19.5. The quantitative estimate of drug-likeness (QED) is 0.318. The van der Waals surface area contributed by atoms with Gasteiger partial charge in [0.15, 0.2) is 6.04 Å². The molecule has 218 valence electrons. The first-order valence-electron chi connectivity index (χ1n) is 13.7. The summed E-state index contributed by atoms with van der Waals surface area (Å²) in [6.45, 7) is 5.33. The van der Waals surface area contributed by atoms with Crippen LogP contribution in [0, 0.1) is 0 Å². The number of aliphatic carboxylic acids is 1. The maximum absolute atomic E-state index is 13.5. The molecule has 41 heavy (non-hydrogen) atoms. The lowest BCUT2D eigenvalue weighted by atomic mass is 9.98. The summed E-state index contributed by atoms with van der Waals surface area (Å²) in [5, 5.41) is 13.9. The predicted octanol–water partition coefficient (Wildman–Crippen LogP) is 4.45. The number of unbranched alkanes of at least 4 members (excludes halogenated alkanes) is 1. The third kappa shape index (κ3) is 6.85. The van der Waals surface area contributed by atoms with Gasteiger partial charge in [-0.1, -0.05) is 48.5 Å². The van der Waals surface area contributed by atoms with Crippen LogP contribution in [0.5, 0.6) is 0 Å². The van der Waals surface area contributed by atoms with E-state index in [4.69, 9.17) is 9.47 Å². The molecule has 11 nitrogen and oxygen atoms in total. The molecule has 1 aliphatic heterocycles. The second-order valence-electron chi connectivity index (χ2n) is 11.0. The van der Waals surface area contributed by atoms with Gasteiger partial charge in [-0.3, -0.25) is 9.59 Å². The van der Waals surface area contributed by atoms with E-state index in [0.717, 1.165) is 22.3 Å². The van der Waals surface area contributed by atoms with Gasteiger partial charge in [-0.2, -0.15) is 10.0 Å². The van der Waals surface area contributed by atoms with Crippen LogP contribution in [0.4, 0.5) is 9.59 Å². The molecular formula is C30H35N3O8. The standard InChI is InChI=1S/C30H35N3O8/c1-30(2,3)41-28(38)31-17-9-8-14-24(27(36)37)32(33-25(34)15-16-26(33)35)29(39)40-18-23-21-12-6-4-10-19(21)20-11-5-7-13-22(20)23/h4-7,10-13,23-24H,8-9,14-18H2,1-3H3,(H,31,38)(H,36,37)/t24-/m0/s1. The Balaban J connectivity index is 1.46. The fraction of sp³-hybridized carbons (Fsp3) is 0.433. The minimum Gasteiger partial charge on any atom is -0.480 e. The molecule has 1 atom stereocenters. The first-order valence-corrected chi connectivity index (χ1v) is 13.7. The summed E-state index contributed by atoms with van der Waals surface area (Å²) in [6.07, 6.45) is -1.36. The molecule has 2 aromatic rings. The largest absolute Gasteiger partial charge is 0.480 e. The van der Waals surface area contributed by atoms with Crippen molar-refractivity contribution >= 4 is 30.0 Å². The number of nitrogens with one attached hydrogen (secondary N) is 1. The van der Waals surface area contributed by atoms with Crippen LogP contribution in [0.1, 0.15) is 69.9 Å². The number of carbonyl (C=O) groups is 5. The van der Waals surface area contributed by atoms with E-state index in [1.54, 1.807) is 20.8 Å². The Bertz CT molecular complexity index is 1270. The van der Waals surface area contributed by atoms with E-state index < -0.39 is 41.6 Å². The van der Waals surface area contributed by atoms with Crippen molar-refractivity contribution in [1.82, 2.24) is 15.3 Å². The van der Waals surface area contributed by atoms with Crippen LogP contribution in [0.25, 0.3) is 11.1 Å². The van der Waals surface area contributed by atoms with Crippen molar-refractivity contribution in [3.8, 4) is 11.1 Å². The van der Waals surface area contributed by atoms with E-state index >= 15 is 0 Å². The van der Waals surface area contributed by atoms with Crippen molar-refractivity contribution < 1.29 is 38.6 Å². The number of hydrogen-bond acceptors (Lipinski definition) is 7. The highest BCUT2D eigenvalue weighted by molar-refractivity contribution is 6.03. The molecule has 2 aromatic carbocycles. The number of hydrazine groups is 1. The minimum atomic E-state index is -1.53. The number of carbonyl (C=O) groups excluding carboxylic acids is 4. The van der Waals surface area contributed by atoms with Crippen molar-refractivity contribution in [3.63, 3.8) is 0 Å². The normalized spacial score (nSPS) is 15.2. The molecule has 0 saturated carbocycles. The highest BCUT2D eigenvalue weighted by Crippen LogP contribution is 2.44. The minimum absolute atomic E-state index is 0.0768. The molecule has 11 heteroatoms. The Morgan fingerprint density at radius 1 is 0.976 bits per heavy atom. The van der Waals surface area contributed by atoms with Crippen LogP contribution in [0.15, 0.2) is 48.5 Å². The summed E-state index contributed by atoms with van der Waals surface area (Å²) in [6, 6.07) is 14.0. The van der Waals surface area contributed by atoms with Gasteiger partial charge in [0.25, 0.3) is 0 Å². The molecule has 2 aliphatic rings. The van der Waals surface area contributed by atoms with Gasteiger partial charge in [0, 0.05) is 25.3 Å². The number of nitrogens with zero attached hydrogens (tertiary/aromatic N) is 2. The predicted molar refractivity (Wildman–Crippen MR) is 148 cm³/mol. The first kappa shape index (κ1) is 29.6. The van der Waals surface area contributed by atoms with E-state index in [1.165, 1.54) is 0 Å². The van der Waals surface area contributed by atoms with Gasteiger partial charge in [0.2, 0.25) is 11.8 Å². The number of imide groups is 1. The van der Waals surface area contributed by atoms with Crippen LogP contribution in [-0.2, 0) is 23.9 Å². The van der Waals surface area contributed by atoms with E-state index in [0.29, 0.717) is 16.4 Å². The molecule has 0 radical (unpaired) electrons. The molecule has 0 aromatic heterocycles. The lowest BCUT2D eigenvalue weighted by Crippen LogP contribution is -2.57. The molecule has 0 bridgehead atoms. The fourth-order valence-corrected chi connectivity index (χ4v) is 5.13. The summed E-state index contributed by atoms with van der Waals surface area (Å²) in [4.78, 5) is 62.9. The molecule has 1 aliphatic carbocycles. The lowest BCUT2D eigenvalue weighted by molar-refractivity contribution is -0.165. The number of ether oxygens (including phenoxy) is 2. The zero-order valence-corrected chi connectivity index (χ0v) is 23.4. The van der Waals surface area contributed by atoms with Crippen molar-refractivity contribution in [3.05, 3.63) is 59.7 Å². The molecule has 1 fully saturated rings. The maximum atomic E-state index is 13.5. The average Bonchev–Trinajstić information content (AvgIpc) is 3.41.